The highest BCUT2D eigenvalue weighted by atomic mass is 32.2. The van der Waals surface area contributed by atoms with Gasteiger partial charge >= 0.3 is 6.09 Å². The number of hydrogen-bond donors (Lipinski definition) is 1. The summed E-state index contributed by atoms with van der Waals surface area (Å²) in [6.07, 6.45) is 1.81. The van der Waals surface area contributed by atoms with E-state index in [1.807, 2.05) is 20.8 Å². The second-order valence-corrected chi connectivity index (χ2v) is 9.49. The lowest BCUT2D eigenvalue weighted by Crippen LogP contribution is -2.37. The highest BCUT2D eigenvalue weighted by Crippen LogP contribution is 2.23. The molecule has 0 bridgehead atoms. The lowest BCUT2D eigenvalue weighted by molar-refractivity contribution is 0.0286. The van der Waals surface area contributed by atoms with Crippen LogP contribution in [-0.2, 0) is 14.6 Å². The van der Waals surface area contributed by atoms with E-state index in [4.69, 9.17) is 10.5 Å². The molecule has 1 amide bonds. The maximum Gasteiger partial charge on any atom is 0.410 e. The number of ether oxygens (including phenoxy) is 1. The number of carbonyl (C=O) groups is 1. The second-order valence-electron chi connectivity index (χ2n) is 7.02. The first-order valence-corrected chi connectivity index (χ1v) is 9.80. The van der Waals surface area contributed by atoms with E-state index in [0.29, 0.717) is 25.9 Å². The van der Waals surface area contributed by atoms with Crippen LogP contribution in [-0.4, -0.2) is 55.6 Å². The van der Waals surface area contributed by atoms with Crippen LogP contribution in [0.25, 0.3) is 0 Å². The van der Waals surface area contributed by atoms with Crippen LogP contribution in [0.1, 0.15) is 47.0 Å². The van der Waals surface area contributed by atoms with E-state index in [-0.39, 0.29) is 29.6 Å². The lowest BCUT2D eigenvalue weighted by Gasteiger charge is -2.25. The molecule has 1 heterocycles. The molecule has 0 radical (unpaired) electrons. The van der Waals surface area contributed by atoms with Crippen molar-refractivity contribution in [1.82, 2.24) is 4.90 Å². The second kappa shape index (κ2) is 7.64. The van der Waals surface area contributed by atoms with Crippen molar-refractivity contribution in [3.63, 3.8) is 0 Å². The fourth-order valence-electron chi connectivity index (χ4n) is 2.55. The number of sulfone groups is 1. The number of likely N-dealkylation sites (tertiary alicyclic amines) is 1. The Kier molecular flexibility index (Phi) is 6.67. The third-order valence-electron chi connectivity index (χ3n) is 3.91. The molecule has 1 aliphatic rings. The normalized spacial score (nSPS) is 21.0. The van der Waals surface area contributed by atoms with Crippen LogP contribution in [0.2, 0.25) is 0 Å². The summed E-state index contributed by atoms with van der Waals surface area (Å²) >= 11 is 0. The average molecular weight is 334 g/mol. The van der Waals surface area contributed by atoms with Gasteiger partial charge in [-0.2, -0.15) is 0 Å². The zero-order valence-corrected chi connectivity index (χ0v) is 15.0. The Hall–Kier alpha value is -0.820. The number of nitrogens with zero attached hydrogens (tertiary/aromatic N) is 1. The summed E-state index contributed by atoms with van der Waals surface area (Å²) in [7, 11) is -2.92. The van der Waals surface area contributed by atoms with Crippen molar-refractivity contribution in [2.75, 3.05) is 24.6 Å². The molecule has 130 valence electrons. The van der Waals surface area contributed by atoms with Crippen molar-refractivity contribution in [3.8, 4) is 0 Å². The molecule has 2 unspecified atom stereocenters. The van der Waals surface area contributed by atoms with Gasteiger partial charge in [-0.25, -0.2) is 13.2 Å². The largest absolute Gasteiger partial charge is 0.444 e. The van der Waals surface area contributed by atoms with Crippen molar-refractivity contribution in [2.24, 2.45) is 11.7 Å². The molecular formula is C15H30N2O4S. The molecule has 0 saturated carbocycles. The molecule has 1 fully saturated rings. The molecule has 1 rings (SSSR count). The van der Waals surface area contributed by atoms with Gasteiger partial charge in [-0.05, 0) is 46.0 Å². The molecule has 0 spiro atoms. The summed E-state index contributed by atoms with van der Waals surface area (Å²) in [6, 6.07) is -0.0699. The number of rotatable bonds is 6. The summed E-state index contributed by atoms with van der Waals surface area (Å²) < 4.78 is 28.3. The van der Waals surface area contributed by atoms with E-state index in [0.717, 1.165) is 6.42 Å². The van der Waals surface area contributed by atoms with Crippen LogP contribution in [0.4, 0.5) is 4.79 Å². The molecule has 7 heteroatoms. The van der Waals surface area contributed by atoms with Crippen LogP contribution in [0.5, 0.6) is 0 Å². The van der Waals surface area contributed by atoms with Crippen LogP contribution in [0, 0.1) is 5.92 Å². The van der Waals surface area contributed by atoms with E-state index in [1.54, 1.807) is 11.8 Å². The standard InChI is InChI=1S/C15H30N2O4S/c1-5-22(19,20)10-6-7-13(16)12-8-9-17(11-12)14(18)21-15(2,3)4/h12-13H,5-11,16H2,1-4H3. The Morgan fingerprint density at radius 1 is 1.41 bits per heavy atom. The van der Waals surface area contributed by atoms with E-state index in [9.17, 15) is 13.2 Å². The summed E-state index contributed by atoms with van der Waals surface area (Å²) in [6.45, 7) is 8.44. The van der Waals surface area contributed by atoms with Gasteiger partial charge in [0.25, 0.3) is 0 Å². The van der Waals surface area contributed by atoms with Crippen LogP contribution in [0.15, 0.2) is 0 Å². The van der Waals surface area contributed by atoms with Crippen molar-refractivity contribution in [2.45, 2.75) is 58.6 Å². The van der Waals surface area contributed by atoms with Gasteiger partial charge in [0.1, 0.15) is 15.4 Å². The minimum absolute atomic E-state index is 0.0699. The van der Waals surface area contributed by atoms with Gasteiger partial charge in [0.15, 0.2) is 0 Å². The van der Waals surface area contributed by atoms with Crippen molar-refractivity contribution < 1.29 is 17.9 Å². The minimum Gasteiger partial charge on any atom is -0.444 e. The summed E-state index contributed by atoms with van der Waals surface area (Å²) in [5.41, 5.74) is 5.67. The van der Waals surface area contributed by atoms with E-state index in [2.05, 4.69) is 0 Å². The number of hydrogen-bond acceptors (Lipinski definition) is 5. The predicted molar refractivity (Wildman–Crippen MR) is 87.5 cm³/mol. The van der Waals surface area contributed by atoms with Crippen LogP contribution in [0.3, 0.4) is 0 Å². The molecule has 0 aromatic carbocycles. The summed E-state index contributed by atoms with van der Waals surface area (Å²) in [5, 5.41) is 0. The highest BCUT2D eigenvalue weighted by Gasteiger charge is 2.32. The van der Waals surface area contributed by atoms with Gasteiger partial charge in [-0.3, -0.25) is 0 Å². The Labute approximate surface area is 134 Å². The third-order valence-corrected chi connectivity index (χ3v) is 5.70. The molecule has 2 atom stereocenters. The molecular weight excluding hydrogens is 304 g/mol. The predicted octanol–water partition coefficient (Wildman–Crippen LogP) is 1.79. The average Bonchev–Trinajstić information content (AvgIpc) is 2.86. The molecule has 0 aliphatic carbocycles. The molecule has 1 saturated heterocycles. The van der Waals surface area contributed by atoms with E-state index >= 15 is 0 Å². The maximum atomic E-state index is 12.0. The fourth-order valence-corrected chi connectivity index (χ4v) is 3.44. The van der Waals surface area contributed by atoms with Gasteiger partial charge in [0.05, 0.1) is 5.75 Å². The smallest absolute Gasteiger partial charge is 0.410 e. The Morgan fingerprint density at radius 3 is 2.59 bits per heavy atom. The summed E-state index contributed by atoms with van der Waals surface area (Å²) in [4.78, 5) is 13.7. The lowest BCUT2D eigenvalue weighted by atomic mass is 9.96. The molecule has 2 N–H and O–H groups in total. The molecule has 6 nitrogen and oxygen atoms in total. The van der Waals surface area contributed by atoms with E-state index < -0.39 is 15.4 Å². The van der Waals surface area contributed by atoms with Gasteiger partial charge < -0.3 is 15.4 Å². The number of nitrogens with two attached hydrogens (primary N) is 1. The van der Waals surface area contributed by atoms with Gasteiger partial charge in [-0.15, -0.1) is 0 Å². The van der Waals surface area contributed by atoms with Crippen LogP contribution >= 0.6 is 0 Å². The van der Waals surface area contributed by atoms with E-state index in [1.165, 1.54) is 0 Å². The Bertz CT molecular complexity index is 470. The zero-order valence-electron chi connectivity index (χ0n) is 14.2. The fraction of sp³-hybridized carbons (Fsp3) is 0.933. The quantitative estimate of drug-likeness (QED) is 0.800. The third kappa shape index (κ3) is 6.52. The first-order valence-electron chi connectivity index (χ1n) is 7.98. The number of amides is 1. The first-order chi connectivity index (χ1) is 10.0. The maximum absolute atomic E-state index is 12.0. The Balaban J connectivity index is 2.38. The van der Waals surface area contributed by atoms with Crippen molar-refractivity contribution >= 4 is 15.9 Å². The topological polar surface area (TPSA) is 89.7 Å². The van der Waals surface area contributed by atoms with Gasteiger partial charge in [0, 0.05) is 24.9 Å². The highest BCUT2D eigenvalue weighted by molar-refractivity contribution is 7.91. The summed E-state index contributed by atoms with van der Waals surface area (Å²) in [5.74, 6) is 0.592. The van der Waals surface area contributed by atoms with Crippen LogP contribution < -0.4 is 5.73 Å². The molecule has 0 aromatic heterocycles. The van der Waals surface area contributed by atoms with Gasteiger partial charge in [-0.1, -0.05) is 6.92 Å². The molecule has 1 aliphatic heterocycles. The van der Waals surface area contributed by atoms with Crippen molar-refractivity contribution in [1.29, 1.82) is 0 Å². The minimum atomic E-state index is -2.92. The van der Waals surface area contributed by atoms with Crippen molar-refractivity contribution in [3.05, 3.63) is 0 Å². The molecule has 0 aromatic rings. The monoisotopic (exact) mass is 334 g/mol. The first kappa shape index (κ1) is 19.2. The SMILES string of the molecule is CCS(=O)(=O)CCCC(N)C1CCN(C(=O)OC(C)(C)C)C1. The zero-order chi connectivity index (χ0) is 17.0. The molecule has 22 heavy (non-hydrogen) atoms. The Morgan fingerprint density at radius 2 is 2.05 bits per heavy atom. The number of carbonyl (C=O) groups excluding carboxylic acids is 1. The van der Waals surface area contributed by atoms with Gasteiger partial charge in [0.2, 0.25) is 0 Å².